The average Bonchev–Trinajstić information content (AvgIpc) is 2.95. The van der Waals surface area contributed by atoms with Gasteiger partial charge in [-0.3, -0.25) is 4.72 Å². The third-order valence-electron chi connectivity index (χ3n) is 6.30. The van der Waals surface area contributed by atoms with E-state index in [4.69, 9.17) is 14.2 Å². The monoisotopic (exact) mass is 578 g/mol. The second-order valence-corrected chi connectivity index (χ2v) is 11.0. The van der Waals surface area contributed by atoms with Gasteiger partial charge in [0.25, 0.3) is 10.0 Å². The molecule has 0 aliphatic carbocycles. The molecule has 0 fully saturated rings. The first-order chi connectivity index (χ1) is 19.7. The van der Waals surface area contributed by atoms with Crippen molar-refractivity contribution in [2.75, 3.05) is 43.5 Å². The number of halogens is 1. The molecule has 0 saturated heterocycles. The second-order valence-electron chi connectivity index (χ2n) is 9.31. The summed E-state index contributed by atoms with van der Waals surface area (Å²) in [6.07, 6.45) is 3.61. The van der Waals surface area contributed by atoms with Gasteiger partial charge in [0.05, 0.1) is 24.7 Å². The first-order valence-corrected chi connectivity index (χ1v) is 14.9. The van der Waals surface area contributed by atoms with Gasteiger partial charge in [0.15, 0.2) is 11.5 Å². The van der Waals surface area contributed by atoms with E-state index in [1.54, 1.807) is 42.5 Å². The first kappa shape index (κ1) is 29.7. The van der Waals surface area contributed by atoms with E-state index in [2.05, 4.69) is 4.72 Å². The molecule has 0 amide bonds. The van der Waals surface area contributed by atoms with Crippen molar-refractivity contribution >= 4 is 44.3 Å². The standard InChI is InChI=1S/C32H35FN2O5S/c1-6-38-28-21-23(18-15-22-16-19-24(33)20-17-22)31(39-7-2)32(40-8-3)30(28)34-41(36,37)29-14-10-11-25-26(29)12-9-13-27(25)35(4)5/h9-21,34H,6-8H2,1-5H3. The highest BCUT2D eigenvalue weighted by Crippen LogP contribution is 2.47. The number of fused-ring (bicyclic) bond motifs is 1. The van der Waals surface area contributed by atoms with E-state index >= 15 is 0 Å². The Balaban J connectivity index is 1.88. The van der Waals surface area contributed by atoms with Crippen LogP contribution in [0.25, 0.3) is 22.9 Å². The van der Waals surface area contributed by atoms with Gasteiger partial charge in [-0.15, -0.1) is 0 Å². The summed E-state index contributed by atoms with van der Waals surface area (Å²) in [5.41, 5.74) is 2.45. The molecule has 4 aromatic rings. The van der Waals surface area contributed by atoms with Crippen LogP contribution in [-0.2, 0) is 10.0 Å². The number of rotatable bonds is 12. The van der Waals surface area contributed by atoms with Crippen molar-refractivity contribution in [3.8, 4) is 17.2 Å². The molecule has 0 aromatic heterocycles. The number of nitrogens with zero attached hydrogens (tertiary/aromatic N) is 1. The third-order valence-corrected chi connectivity index (χ3v) is 7.71. The van der Waals surface area contributed by atoms with Crippen LogP contribution in [0, 0.1) is 5.82 Å². The summed E-state index contributed by atoms with van der Waals surface area (Å²) in [6.45, 7) is 6.32. The summed E-state index contributed by atoms with van der Waals surface area (Å²) in [7, 11) is -0.276. The molecule has 0 radical (unpaired) electrons. The Hall–Kier alpha value is -4.24. The van der Waals surface area contributed by atoms with Crippen molar-refractivity contribution in [3.05, 3.63) is 83.7 Å². The van der Waals surface area contributed by atoms with E-state index < -0.39 is 10.0 Å². The van der Waals surface area contributed by atoms with Gasteiger partial charge >= 0.3 is 0 Å². The fraction of sp³-hybridized carbons (Fsp3) is 0.250. The van der Waals surface area contributed by atoms with Crippen molar-refractivity contribution in [2.24, 2.45) is 0 Å². The van der Waals surface area contributed by atoms with Crippen LogP contribution < -0.4 is 23.8 Å². The van der Waals surface area contributed by atoms with Crippen LogP contribution in [0.5, 0.6) is 17.2 Å². The molecule has 216 valence electrons. The molecular weight excluding hydrogens is 543 g/mol. The van der Waals surface area contributed by atoms with Gasteiger partial charge in [-0.25, -0.2) is 12.8 Å². The van der Waals surface area contributed by atoms with E-state index in [0.29, 0.717) is 23.3 Å². The Bertz CT molecular complexity index is 1650. The van der Waals surface area contributed by atoms with Crippen LogP contribution in [0.4, 0.5) is 15.8 Å². The van der Waals surface area contributed by atoms with Crippen LogP contribution in [-0.4, -0.2) is 42.3 Å². The van der Waals surface area contributed by atoms with Crippen LogP contribution >= 0.6 is 0 Å². The van der Waals surface area contributed by atoms with Crippen LogP contribution in [0.3, 0.4) is 0 Å². The number of sulfonamides is 1. The molecule has 0 spiro atoms. The highest BCUT2D eigenvalue weighted by Gasteiger charge is 2.27. The molecule has 0 heterocycles. The third kappa shape index (κ3) is 6.57. The Morgan fingerprint density at radius 1 is 0.805 bits per heavy atom. The normalized spacial score (nSPS) is 11.6. The SMILES string of the molecule is CCOc1cc(C=Cc2ccc(F)cc2)c(OCC)c(OCC)c1NS(=O)(=O)c1cccc2c(N(C)C)cccc12. The van der Waals surface area contributed by atoms with E-state index in [1.165, 1.54) is 12.1 Å². The van der Waals surface area contributed by atoms with Gasteiger partial charge in [-0.2, -0.15) is 0 Å². The van der Waals surface area contributed by atoms with Crippen LogP contribution in [0.2, 0.25) is 0 Å². The van der Waals surface area contributed by atoms with E-state index in [1.807, 2.05) is 64.0 Å². The molecule has 9 heteroatoms. The fourth-order valence-electron chi connectivity index (χ4n) is 4.54. The maximum atomic E-state index is 14.0. The molecule has 0 atom stereocenters. The number of benzene rings is 4. The zero-order valence-electron chi connectivity index (χ0n) is 23.9. The highest BCUT2D eigenvalue weighted by molar-refractivity contribution is 7.93. The molecular formula is C32H35FN2O5S. The second kappa shape index (κ2) is 13.0. The number of hydrogen-bond acceptors (Lipinski definition) is 6. The van der Waals surface area contributed by atoms with Crippen LogP contribution in [0.1, 0.15) is 31.9 Å². The lowest BCUT2D eigenvalue weighted by Crippen LogP contribution is -2.17. The largest absolute Gasteiger partial charge is 0.492 e. The van der Waals surface area contributed by atoms with Gasteiger partial charge < -0.3 is 19.1 Å². The Labute approximate surface area is 241 Å². The minimum atomic E-state index is -4.11. The van der Waals surface area contributed by atoms with Crippen molar-refractivity contribution in [2.45, 2.75) is 25.7 Å². The van der Waals surface area contributed by atoms with Crippen molar-refractivity contribution in [1.82, 2.24) is 0 Å². The summed E-state index contributed by atoms with van der Waals surface area (Å²) in [4.78, 5) is 2.07. The summed E-state index contributed by atoms with van der Waals surface area (Å²) in [5, 5.41) is 1.40. The number of anilines is 2. The smallest absolute Gasteiger partial charge is 0.262 e. The zero-order chi connectivity index (χ0) is 29.6. The van der Waals surface area contributed by atoms with Crippen molar-refractivity contribution in [1.29, 1.82) is 0 Å². The lowest BCUT2D eigenvalue weighted by Gasteiger charge is -2.22. The summed E-state index contributed by atoms with van der Waals surface area (Å²) in [6, 6.07) is 18.6. The van der Waals surface area contributed by atoms with Crippen molar-refractivity contribution in [3.63, 3.8) is 0 Å². The number of nitrogens with one attached hydrogen (secondary N) is 1. The Kier molecular flexibility index (Phi) is 9.39. The predicted molar refractivity (Wildman–Crippen MR) is 164 cm³/mol. The zero-order valence-corrected chi connectivity index (χ0v) is 24.7. The van der Waals surface area contributed by atoms with Gasteiger partial charge in [-0.05, 0) is 56.7 Å². The molecule has 0 aliphatic rings. The number of hydrogen-bond donors (Lipinski definition) is 1. The molecule has 41 heavy (non-hydrogen) atoms. The fourth-order valence-corrected chi connectivity index (χ4v) is 5.84. The molecule has 4 aromatic carbocycles. The van der Waals surface area contributed by atoms with Gasteiger partial charge in [0, 0.05) is 36.1 Å². The maximum absolute atomic E-state index is 14.0. The topological polar surface area (TPSA) is 77.1 Å². The minimum absolute atomic E-state index is 0.127. The van der Waals surface area contributed by atoms with E-state index in [-0.39, 0.29) is 41.1 Å². The molecule has 1 N–H and O–H groups in total. The minimum Gasteiger partial charge on any atom is -0.492 e. The lowest BCUT2D eigenvalue weighted by molar-refractivity contribution is 0.284. The summed E-state index contributed by atoms with van der Waals surface area (Å²) >= 11 is 0. The van der Waals surface area contributed by atoms with Crippen LogP contribution in [0.15, 0.2) is 71.6 Å². The molecule has 0 bridgehead atoms. The summed E-state index contributed by atoms with van der Waals surface area (Å²) < 4.78 is 62.1. The van der Waals surface area contributed by atoms with E-state index in [0.717, 1.165) is 16.6 Å². The molecule has 7 nitrogen and oxygen atoms in total. The van der Waals surface area contributed by atoms with Gasteiger partial charge in [-0.1, -0.05) is 48.6 Å². The van der Waals surface area contributed by atoms with Gasteiger partial charge in [0.2, 0.25) is 0 Å². The highest BCUT2D eigenvalue weighted by atomic mass is 32.2. The average molecular weight is 579 g/mol. The predicted octanol–water partition coefficient (Wildman–Crippen LogP) is 7.21. The molecule has 0 aliphatic heterocycles. The van der Waals surface area contributed by atoms with Gasteiger partial charge in [0.1, 0.15) is 17.3 Å². The molecule has 0 unspecified atom stereocenters. The number of ether oxygens (including phenoxy) is 3. The molecule has 0 saturated carbocycles. The summed E-state index contributed by atoms with van der Waals surface area (Å²) in [5.74, 6) is 0.546. The maximum Gasteiger partial charge on any atom is 0.262 e. The molecule has 4 rings (SSSR count). The first-order valence-electron chi connectivity index (χ1n) is 13.4. The van der Waals surface area contributed by atoms with Crippen molar-refractivity contribution < 1.29 is 27.0 Å². The van der Waals surface area contributed by atoms with E-state index in [9.17, 15) is 12.8 Å². The Morgan fingerprint density at radius 3 is 2.10 bits per heavy atom. The quantitative estimate of drug-likeness (QED) is 0.179. The lowest BCUT2D eigenvalue weighted by atomic mass is 10.1. The Morgan fingerprint density at radius 2 is 1.44 bits per heavy atom.